The van der Waals surface area contributed by atoms with Gasteiger partial charge in [-0.3, -0.25) is 9.59 Å². The Kier molecular flexibility index (Phi) is 9.29. The van der Waals surface area contributed by atoms with Crippen molar-refractivity contribution in [2.75, 3.05) is 13.4 Å². The van der Waals surface area contributed by atoms with E-state index in [4.69, 9.17) is 4.74 Å². The van der Waals surface area contributed by atoms with Crippen LogP contribution in [0.3, 0.4) is 0 Å². The van der Waals surface area contributed by atoms with Crippen molar-refractivity contribution in [3.05, 3.63) is 52.5 Å². The van der Waals surface area contributed by atoms with Gasteiger partial charge in [0.2, 0.25) is 0 Å². The van der Waals surface area contributed by atoms with Crippen LogP contribution in [0.5, 0.6) is 5.75 Å². The fourth-order valence-electron chi connectivity index (χ4n) is 2.77. The lowest BCUT2D eigenvalue weighted by atomic mass is 10.0. The highest BCUT2D eigenvalue weighted by Gasteiger charge is 2.43. The zero-order valence-corrected chi connectivity index (χ0v) is 19.2. The van der Waals surface area contributed by atoms with Gasteiger partial charge in [-0.2, -0.15) is 0 Å². The second-order valence-electron chi connectivity index (χ2n) is 7.14. The Balaban J connectivity index is 0.00000578. The standard InChI is InChI=1S/C18H21F2N2O9PS.CH4/c1-18(33(3,28)29,17(24)21-31-32(25,26)27)6-7-22-10-15(20)13(9-16(22)23)12-5-4-11(30-2)8-14(12)19;/h4-5,8-10H,6-7H2,1-3H3,(H,21,24)(H2,25,26,27);1H4/p-2/t18-;/m1./s1. The molecule has 1 aromatic carbocycles. The molecule has 0 saturated heterocycles. The number of rotatable bonds is 9. The maximum atomic E-state index is 14.7. The van der Waals surface area contributed by atoms with Crippen LogP contribution in [0.25, 0.3) is 11.1 Å². The summed E-state index contributed by atoms with van der Waals surface area (Å²) in [6, 6.07) is 4.38. The monoisotopic (exact) mass is 524 g/mol. The Bertz CT molecular complexity index is 1280. The lowest BCUT2D eigenvalue weighted by Crippen LogP contribution is -2.51. The molecule has 15 heteroatoms. The van der Waals surface area contributed by atoms with E-state index in [1.807, 2.05) is 0 Å². The topological polar surface area (TPSA) is 167 Å². The quantitative estimate of drug-likeness (QED) is 0.363. The van der Waals surface area contributed by atoms with Crippen LogP contribution in [0.2, 0.25) is 0 Å². The maximum Gasteiger partial charge on any atom is 0.265 e. The average molecular weight is 524 g/mol. The van der Waals surface area contributed by atoms with Crippen LogP contribution in [-0.4, -0.2) is 37.0 Å². The predicted molar refractivity (Wildman–Crippen MR) is 114 cm³/mol. The number of hydroxylamine groups is 1. The van der Waals surface area contributed by atoms with Gasteiger partial charge in [0, 0.05) is 42.3 Å². The lowest BCUT2D eigenvalue weighted by Gasteiger charge is -2.31. The van der Waals surface area contributed by atoms with E-state index >= 15 is 0 Å². The summed E-state index contributed by atoms with van der Waals surface area (Å²) in [7, 11) is -8.58. The van der Waals surface area contributed by atoms with Crippen molar-refractivity contribution >= 4 is 23.6 Å². The van der Waals surface area contributed by atoms with Crippen molar-refractivity contribution in [3.63, 3.8) is 0 Å². The first-order valence-electron chi connectivity index (χ1n) is 9.03. The third-order valence-corrected chi connectivity index (χ3v) is 7.26. The summed E-state index contributed by atoms with van der Waals surface area (Å²) in [6.45, 7) is 0.397. The first-order chi connectivity index (χ1) is 15.1. The third kappa shape index (κ3) is 6.70. The molecule has 190 valence electrons. The van der Waals surface area contributed by atoms with Gasteiger partial charge in [0.05, 0.1) is 14.9 Å². The van der Waals surface area contributed by atoms with E-state index in [-0.39, 0.29) is 24.3 Å². The SMILES string of the molecule is C.COc1ccc(-c2cc(=O)n(CC[C@](C)(C(=O)NOP(=O)([O-])[O-])S(C)(=O)=O)cc2F)c(F)c1. The summed E-state index contributed by atoms with van der Waals surface area (Å²) in [6.07, 6.45) is 0.750. The molecule has 0 spiro atoms. The summed E-state index contributed by atoms with van der Waals surface area (Å²) < 4.78 is 70.7. The molecule has 1 aromatic heterocycles. The van der Waals surface area contributed by atoms with Crippen molar-refractivity contribution in [2.24, 2.45) is 0 Å². The highest BCUT2D eigenvalue weighted by atomic mass is 32.2. The summed E-state index contributed by atoms with van der Waals surface area (Å²) in [5, 5.41) is 0. The Morgan fingerprint density at radius 3 is 2.32 bits per heavy atom. The van der Waals surface area contributed by atoms with Crippen molar-refractivity contribution in [2.45, 2.75) is 32.1 Å². The number of benzene rings is 1. The molecule has 0 unspecified atom stereocenters. The molecule has 0 bridgehead atoms. The number of nitrogens with zero attached hydrogens (tertiary/aromatic N) is 1. The van der Waals surface area contributed by atoms with Gasteiger partial charge in [-0.1, -0.05) is 7.43 Å². The normalized spacial score (nSPS) is 13.5. The van der Waals surface area contributed by atoms with Gasteiger partial charge < -0.3 is 23.7 Å². The van der Waals surface area contributed by atoms with Gasteiger partial charge in [-0.25, -0.2) is 27.3 Å². The number of methoxy groups -OCH3 is 1. The fraction of sp³-hybridized carbons (Fsp3) is 0.368. The van der Waals surface area contributed by atoms with Crippen molar-refractivity contribution in [1.82, 2.24) is 10.0 Å². The molecule has 1 heterocycles. The molecule has 34 heavy (non-hydrogen) atoms. The van der Waals surface area contributed by atoms with Gasteiger partial charge in [-0.05, 0) is 25.5 Å². The molecule has 0 saturated carbocycles. The number of phosphoric acid groups is 1. The molecule has 0 aliphatic carbocycles. The largest absolute Gasteiger partial charge is 0.788 e. The number of halogens is 2. The van der Waals surface area contributed by atoms with Gasteiger partial charge in [0.1, 0.15) is 17.4 Å². The van der Waals surface area contributed by atoms with E-state index in [0.29, 0.717) is 12.5 Å². The predicted octanol–water partition coefficient (Wildman–Crippen LogP) is 0.508. The number of ether oxygens (including phenoxy) is 1. The molecule has 0 aliphatic rings. The van der Waals surface area contributed by atoms with Gasteiger partial charge in [0.25, 0.3) is 11.5 Å². The molecule has 2 rings (SSSR count). The highest BCUT2D eigenvalue weighted by Crippen LogP contribution is 2.28. The first-order valence-corrected chi connectivity index (χ1v) is 12.4. The average Bonchev–Trinajstić information content (AvgIpc) is 2.70. The van der Waals surface area contributed by atoms with Crippen LogP contribution in [0.4, 0.5) is 8.78 Å². The molecule has 0 radical (unpaired) electrons. The number of aryl methyl sites for hydroxylation is 1. The van der Waals surface area contributed by atoms with Crippen molar-refractivity contribution in [3.8, 4) is 16.9 Å². The van der Waals surface area contributed by atoms with Crippen molar-refractivity contribution in [1.29, 1.82) is 0 Å². The number of carbonyl (C=O) groups is 1. The molecular weight excluding hydrogens is 501 g/mol. The van der Waals surface area contributed by atoms with Crippen LogP contribution >= 0.6 is 7.82 Å². The number of nitrogens with one attached hydrogen (secondary N) is 1. The number of pyridine rings is 1. The Hall–Kier alpha value is -2.64. The molecule has 2 aromatic rings. The summed E-state index contributed by atoms with van der Waals surface area (Å²) in [4.78, 5) is 45.8. The molecule has 11 nitrogen and oxygen atoms in total. The molecule has 1 atom stereocenters. The summed E-state index contributed by atoms with van der Waals surface area (Å²) in [5.41, 5.74) is -0.142. The van der Waals surface area contributed by atoms with E-state index in [1.165, 1.54) is 24.7 Å². The minimum atomic E-state index is -5.65. The van der Waals surface area contributed by atoms with Gasteiger partial charge in [-0.15, -0.1) is 0 Å². The smallest absolute Gasteiger partial charge is 0.265 e. The Labute approximate surface area is 194 Å². The van der Waals surface area contributed by atoms with E-state index < -0.39 is 58.5 Å². The molecule has 0 aliphatic heterocycles. The first kappa shape index (κ1) is 29.4. The minimum absolute atomic E-state index is 0. The van der Waals surface area contributed by atoms with Gasteiger partial charge >= 0.3 is 0 Å². The second kappa shape index (κ2) is 10.7. The van der Waals surface area contributed by atoms with E-state index in [2.05, 4.69) is 4.62 Å². The zero-order chi connectivity index (χ0) is 25.2. The number of carbonyl (C=O) groups excluding carboxylic acids is 1. The molecular formula is C19H23F2N2O9PS-2. The fourth-order valence-corrected chi connectivity index (χ4v) is 3.81. The van der Waals surface area contributed by atoms with Crippen molar-refractivity contribution < 1.29 is 45.7 Å². The highest BCUT2D eigenvalue weighted by molar-refractivity contribution is 7.92. The summed E-state index contributed by atoms with van der Waals surface area (Å²) in [5.74, 6) is -3.16. The number of sulfone groups is 1. The van der Waals surface area contributed by atoms with Crippen LogP contribution in [-0.2, 0) is 30.4 Å². The molecule has 0 fully saturated rings. The number of aromatic nitrogens is 1. The van der Waals surface area contributed by atoms with Crippen LogP contribution < -0.4 is 25.6 Å². The number of hydrogen-bond acceptors (Lipinski definition) is 9. The molecule has 1 N–H and O–H groups in total. The van der Waals surface area contributed by atoms with E-state index in [1.54, 1.807) is 0 Å². The zero-order valence-electron chi connectivity index (χ0n) is 17.5. The van der Waals surface area contributed by atoms with E-state index in [9.17, 15) is 41.1 Å². The summed E-state index contributed by atoms with van der Waals surface area (Å²) >= 11 is 0. The maximum absolute atomic E-state index is 14.7. The minimum Gasteiger partial charge on any atom is -0.788 e. The van der Waals surface area contributed by atoms with Crippen LogP contribution in [0, 0.1) is 11.6 Å². The second-order valence-corrected chi connectivity index (χ2v) is 10.7. The Morgan fingerprint density at radius 2 is 1.82 bits per heavy atom. The molecule has 1 amide bonds. The lowest BCUT2D eigenvalue weighted by molar-refractivity contribution is -0.345. The van der Waals surface area contributed by atoms with Crippen LogP contribution in [0.1, 0.15) is 20.8 Å². The van der Waals surface area contributed by atoms with Crippen LogP contribution in [0.15, 0.2) is 35.3 Å². The van der Waals surface area contributed by atoms with Gasteiger partial charge in [0.15, 0.2) is 14.6 Å². The van der Waals surface area contributed by atoms with E-state index in [0.717, 1.165) is 23.6 Å². The number of amides is 1. The number of hydrogen-bond donors (Lipinski definition) is 1. The third-order valence-electron chi connectivity index (χ3n) is 4.92. The Morgan fingerprint density at radius 1 is 1.21 bits per heavy atom.